The highest BCUT2D eigenvalue weighted by molar-refractivity contribution is 5.77. The standard InChI is InChI=1S/C14H22N2O/c1-4-15-6-5-13(8-15)9-16-11(2)7-14(10-17)12(16)3/h7,10,13H,4-6,8-9H2,1-3H3. The van der Waals surface area contributed by atoms with Crippen LogP contribution in [-0.2, 0) is 6.54 Å². The summed E-state index contributed by atoms with van der Waals surface area (Å²) in [6.07, 6.45) is 2.24. The number of aryl methyl sites for hydroxylation is 1. The number of hydrogen-bond donors (Lipinski definition) is 0. The fourth-order valence-corrected chi connectivity index (χ4v) is 2.84. The number of likely N-dealkylation sites (tertiary alicyclic amines) is 1. The molecule has 1 fully saturated rings. The Kier molecular flexibility index (Phi) is 3.67. The summed E-state index contributed by atoms with van der Waals surface area (Å²) in [5.74, 6) is 0.735. The summed E-state index contributed by atoms with van der Waals surface area (Å²) >= 11 is 0. The molecule has 94 valence electrons. The molecule has 1 aliphatic rings. The first kappa shape index (κ1) is 12.4. The van der Waals surface area contributed by atoms with Gasteiger partial charge in [0, 0.05) is 30.0 Å². The third-order valence-electron chi connectivity index (χ3n) is 4.00. The van der Waals surface area contributed by atoms with E-state index in [1.807, 2.05) is 13.0 Å². The third-order valence-corrected chi connectivity index (χ3v) is 4.00. The first-order valence-corrected chi connectivity index (χ1v) is 6.50. The van der Waals surface area contributed by atoms with Crippen LogP contribution in [0.2, 0.25) is 0 Å². The van der Waals surface area contributed by atoms with Gasteiger partial charge in [0.2, 0.25) is 0 Å². The fraction of sp³-hybridized carbons (Fsp3) is 0.643. The van der Waals surface area contributed by atoms with Gasteiger partial charge in [-0.2, -0.15) is 0 Å². The SMILES string of the molecule is CCN1CCC(Cn2c(C)cc(C=O)c2C)C1. The molecule has 0 saturated carbocycles. The van der Waals surface area contributed by atoms with Crippen LogP contribution < -0.4 is 0 Å². The number of nitrogens with zero attached hydrogens (tertiary/aromatic N) is 2. The third kappa shape index (κ3) is 2.44. The van der Waals surface area contributed by atoms with Gasteiger partial charge in [0.05, 0.1) is 0 Å². The first-order valence-electron chi connectivity index (χ1n) is 6.50. The Labute approximate surface area is 103 Å². The molecular formula is C14H22N2O. The van der Waals surface area contributed by atoms with Gasteiger partial charge in [0.1, 0.15) is 0 Å². The number of aromatic nitrogens is 1. The van der Waals surface area contributed by atoms with E-state index >= 15 is 0 Å². The fourth-order valence-electron chi connectivity index (χ4n) is 2.84. The number of carbonyl (C=O) groups excluding carboxylic acids is 1. The predicted molar refractivity (Wildman–Crippen MR) is 69.5 cm³/mol. The van der Waals surface area contributed by atoms with Crippen LogP contribution >= 0.6 is 0 Å². The van der Waals surface area contributed by atoms with Gasteiger partial charge < -0.3 is 9.47 Å². The summed E-state index contributed by atoms with van der Waals surface area (Å²) in [7, 11) is 0. The zero-order valence-electron chi connectivity index (χ0n) is 11.1. The van der Waals surface area contributed by atoms with Crippen LogP contribution in [0.4, 0.5) is 0 Å². The molecule has 0 radical (unpaired) electrons. The second-order valence-electron chi connectivity index (χ2n) is 5.10. The average molecular weight is 234 g/mol. The normalized spacial score (nSPS) is 21.0. The van der Waals surface area contributed by atoms with Gasteiger partial charge in [-0.25, -0.2) is 0 Å². The molecule has 0 N–H and O–H groups in total. The van der Waals surface area contributed by atoms with E-state index in [9.17, 15) is 4.79 Å². The molecule has 3 heteroatoms. The summed E-state index contributed by atoms with van der Waals surface area (Å²) in [5, 5.41) is 0. The van der Waals surface area contributed by atoms with Gasteiger partial charge in [-0.15, -0.1) is 0 Å². The Morgan fingerprint density at radius 2 is 2.24 bits per heavy atom. The molecule has 1 atom stereocenters. The van der Waals surface area contributed by atoms with E-state index < -0.39 is 0 Å². The van der Waals surface area contributed by atoms with Gasteiger partial charge in [-0.1, -0.05) is 6.92 Å². The second kappa shape index (κ2) is 5.05. The Hall–Kier alpha value is -1.09. The minimum atomic E-state index is 0.735. The van der Waals surface area contributed by atoms with Crippen LogP contribution in [0.5, 0.6) is 0 Å². The number of hydrogen-bond acceptors (Lipinski definition) is 2. The van der Waals surface area contributed by atoms with Crippen LogP contribution in [-0.4, -0.2) is 35.4 Å². The Morgan fingerprint density at radius 3 is 2.76 bits per heavy atom. The molecular weight excluding hydrogens is 212 g/mol. The molecule has 2 heterocycles. The van der Waals surface area contributed by atoms with Crippen LogP contribution in [0.1, 0.15) is 35.1 Å². The molecule has 0 aromatic carbocycles. The predicted octanol–water partition coefficient (Wildman–Crippen LogP) is 2.26. The van der Waals surface area contributed by atoms with Crippen LogP contribution in [0.15, 0.2) is 6.07 Å². The van der Waals surface area contributed by atoms with E-state index in [4.69, 9.17) is 0 Å². The highest BCUT2D eigenvalue weighted by Gasteiger charge is 2.22. The van der Waals surface area contributed by atoms with E-state index in [-0.39, 0.29) is 0 Å². The molecule has 0 aliphatic carbocycles. The van der Waals surface area contributed by atoms with Gasteiger partial charge in [-0.05, 0) is 45.3 Å². The zero-order valence-corrected chi connectivity index (χ0v) is 11.1. The van der Waals surface area contributed by atoms with Crippen LogP contribution in [0, 0.1) is 19.8 Å². The van der Waals surface area contributed by atoms with Crippen molar-refractivity contribution in [2.75, 3.05) is 19.6 Å². The van der Waals surface area contributed by atoms with Crippen LogP contribution in [0.3, 0.4) is 0 Å². The number of aldehydes is 1. The van der Waals surface area contributed by atoms with Crippen LogP contribution in [0.25, 0.3) is 0 Å². The first-order chi connectivity index (χ1) is 8.15. The van der Waals surface area contributed by atoms with Gasteiger partial charge in [0.15, 0.2) is 6.29 Å². The lowest BCUT2D eigenvalue weighted by atomic mass is 10.1. The van der Waals surface area contributed by atoms with Crippen molar-refractivity contribution in [2.24, 2.45) is 5.92 Å². The van der Waals surface area contributed by atoms with Gasteiger partial charge in [-0.3, -0.25) is 4.79 Å². The number of rotatable bonds is 4. The van der Waals surface area contributed by atoms with Crippen molar-refractivity contribution in [2.45, 2.75) is 33.7 Å². The molecule has 0 spiro atoms. The molecule has 2 rings (SSSR count). The maximum Gasteiger partial charge on any atom is 0.151 e. The molecule has 1 aromatic rings. The van der Waals surface area contributed by atoms with E-state index in [1.165, 1.54) is 25.2 Å². The maximum absolute atomic E-state index is 10.9. The Bertz CT molecular complexity index is 409. The lowest BCUT2D eigenvalue weighted by Crippen LogP contribution is -2.21. The molecule has 3 nitrogen and oxygen atoms in total. The van der Waals surface area contributed by atoms with Crippen molar-refractivity contribution in [3.05, 3.63) is 23.0 Å². The molecule has 17 heavy (non-hydrogen) atoms. The molecule has 0 bridgehead atoms. The summed E-state index contributed by atoms with van der Waals surface area (Å²) in [5.41, 5.74) is 3.17. The van der Waals surface area contributed by atoms with Crippen molar-refractivity contribution in [1.82, 2.24) is 9.47 Å². The van der Waals surface area contributed by atoms with E-state index in [0.29, 0.717) is 0 Å². The minimum Gasteiger partial charge on any atom is -0.348 e. The van der Waals surface area contributed by atoms with Crippen molar-refractivity contribution in [3.8, 4) is 0 Å². The van der Waals surface area contributed by atoms with E-state index in [1.54, 1.807) is 0 Å². The lowest BCUT2D eigenvalue weighted by Gasteiger charge is -2.16. The zero-order chi connectivity index (χ0) is 12.4. The molecule has 1 aliphatic heterocycles. The average Bonchev–Trinajstić information content (AvgIpc) is 2.88. The van der Waals surface area contributed by atoms with Crippen molar-refractivity contribution in [1.29, 1.82) is 0 Å². The smallest absolute Gasteiger partial charge is 0.151 e. The summed E-state index contributed by atoms with van der Waals surface area (Å²) in [4.78, 5) is 13.4. The largest absolute Gasteiger partial charge is 0.348 e. The quantitative estimate of drug-likeness (QED) is 0.747. The lowest BCUT2D eigenvalue weighted by molar-refractivity contribution is 0.112. The topological polar surface area (TPSA) is 25.2 Å². The Balaban J connectivity index is 2.09. The summed E-state index contributed by atoms with van der Waals surface area (Å²) in [6, 6.07) is 1.99. The van der Waals surface area contributed by atoms with E-state index in [0.717, 1.165) is 36.6 Å². The molecule has 1 saturated heterocycles. The van der Waals surface area contributed by atoms with Crippen molar-refractivity contribution in [3.63, 3.8) is 0 Å². The maximum atomic E-state index is 10.9. The molecule has 0 amide bonds. The number of carbonyl (C=O) groups is 1. The van der Waals surface area contributed by atoms with E-state index in [2.05, 4.69) is 23.3 Å². The van der Waals surface area contributed by atoms with Gasteiger partial charge in [0.25, 0.3) is 0 Å². The summed E-state index contributed by atoms with van der Waals surface area (Å²) in [6.45, 7) is 11.0. The second-order valence-corrected chi connectivity index (χ2v) is 5.10. The highest BCUT2D eigenvalue weighted by Crippen LogP contribution is 2.21. The Morgan fingerprint density at radius 1 is 1.47 bits per heavy atom. The summed E-state index contributed by atoms with van der Waals surface area (Å²) < 4.78 is 2.30. The molecule has 1 aromatic heterocycles. The molecule has 1 unspecified atom stereocenters. The van der Waals surface area contributed by atoms with Gasteiger partial charge >= 0.3 is 0 Å². The monoisotopic (exact) mass is 234 g/mol. The highest BCUT2D eigenvalue weighted by atomic mass is 16.1. The van der Waals surface area contributed by atoms with Crippen molar-refractivity contribution < 1.29 is 4.79 Å². The minimum absolute atomic E-state index is 0.735. The van der Waals surface area contributed by atoms with Crippen molar-refractivity contribution >= 4 is 6.29 Å².